The van der Waals surface area contributed by atoms with Gasteiger partial charge in [-0.05, 0) is 31.4 Å². The molecule has 3 amide bonds. The number of carbonyl (C=O) groups is 3. The molecule has 0 bridgehead atoms. The lowest BCUT2D eigenvalue weighted by molar-refractivity contribution is -0.123. The van der Waals surface area contributed by atoms with Crippen LogP contribution < -0.4 is 16.4 Å². The molecule has 132 valence electrons. The van der Waals surface area contributed by atoms with Crippen LogP contribution in [-0.4, -0.2) is 48.8 Å². The Kier molecular flexibility index (Phi) is 8.21. The number of anilines is 1. The van der Waals surface area contributed by atoms with Crippen LogP contribution in [0.2, 0.25) is 0 Å². The Labute approximate surface area is 147 Å². The number of carbonyl (C=O) groups excluding carboxylic acids is 3. The van der Waals surface area contributed by atoms with Gasteiger partial charge in [0.05, 0.1) is 24.3 Å². The summed E-state index contributed by atoms with van der Waals surface area (Å²) in [7, 11) is 0. The zero-order valence-corrected chi connectivity index (χ0v) is 14.2. The van der Waals surface area contributed by atoms with E-state index >= 15 is 0 Å². The monoisotopic (exact) mass is 354 g/mol. The topological polar surface area (TPSA) is 105 Å². The van der Waals surface area contributed by atoms with Crippen molar-refractivity contribution in [3.05, 3.63) is 29.8 Å². The molecule has 0 saturated carbocycles. The molecule has 0 spiro atoms. The first-order valence-corrected chi connectivity index (χ1v) is 7.76. The largest absolute Gasteiger partial charge is 0.346 e. The molecule has 0 unspecified atom stereocenters. The first-order chi connectivity index (χ1) is 11.1. The quantitative estimate of drug-likeness (QED) is 0.725. The van der Waals surface area contributed by atoms with Gasteiger partial charge in [0, 0.05) is 13.1 Å². The summed E-state index contributed by atoms with van der Waals surface area (Å²) in [5.41, 5.74) is 6.08. The minimum atomic E-state index is -0.405. The van der Waals surface area contributed by atoms with Gasteiger partial charge in [-0.1, -0.05) is 12.1 Å². The van der Waals surface area contributed by atoms with Crippen LogP contribution in [0.3, 0.4) is 0 Å². The maximum absolute atomic E-state index is 12.6. The average molecular weight is 355 g/mol. The molecule has 1 saturated heterocycles. The molecule has 1 aromatic carbocycles. The van der Waals surface area contributed by atoms with Gasteiger partial charge in [-0.3, -0.25) is 14.4 Å². The molecule has 1 heterocycles. The maximum atomic E-state index is 12.6. The molecule has 1 aliphatic rings. The highest BCUT2D eigenvalue weighted by Crippen LogP contribution is 2.19. The lowest BCUT2D eigenvalue weighted by Crippen LogP contribution is -2.38. The van der Waals surface area contributed by atoms with Gasteiger partial charge < -0.3 is 21.3 Å². The molecule has 1 aliphatic heterocycles. The third-order valence-electron chi connectivity index (χ3n) is 3.71. The Morgan fingerprint density at radius 2 is 1.71 bits per heavy atom. The lowest BCUT2D eigenvalue weighted by atomic mass is 10.1. The fraction of sp³-hybridized carbons (Fsp3) is 0.438. The third-order valence-corrected chi connectivity index (χ3v) is 3.71. The summed E-state index contributed by atoms with van der Waals surface area (Å²) in [6.45, 7) is 1.14. The predicted molar refractivity (Wildman–Crippen MR) is 94.1 cm³/mol. The summed E-state index contributed by atoms with van der Waals surface area (Å²) in [6.07, 6.45) is 3.15. The van der Waals surface area contributed by atoms with Crippen molar-refractivity contribution in [2.45, 2.75) is 19.3 Å². The van der Waals surface area contributed by atoms with E-state index < -0.39 is 11.8 Å². The predicted octanol–water partition coefficient (Wildman–Crippen LogP) is 0.748. The van der Waals surface area contributed by atoms with Gasteiger partial charge in [0.1, 0.15) is 0 Å². The highest BCUT2D eigenvalue weighted by atomic mass is 35.5. The number of nitrogens with zero attached hydrogens (tertiary/aromatic N) is 1. The van der Waals surface area contributed by atoms with Crippen molar-refractivity contribution in [1.29, 1.82) is 0 Å². The number of piperidine rings is 1. The molecule has 0 radical (unpaired) electrons. The van der Waals surface area contributed by atoms with E-state index in [4.69, 9.17) is 5.73 Å². The molecule has 8 heteroatoms. The van der Waals surface area contributed by atoms with E-state index in [2.05, 4.69) is 10.6 Å². The minimum Gasteiger partial charge on any atom is -0.346 e. The van der Waals surface area contributed by atoms with Crippen LogP contribution in [0, 0.1) is 0 Å². The zero-order valence-electron chi connectivity index (χ0n) is 13.4. The molecule has 0 aliphatic carbocycles. The standard InChI is InChI=1S/C16H22N4O3.ClH/c17-10-14(21)18-11-15(22)19-13-7-3-2-6-12(13)16(23)20-8-4-1-5-9-20;/h2-3,6-7H,1,4-5,8-11,17H2,(H,18,21)(H,19,22);1H. The molecule has 1 aromatic rings. The van der Waals surface area contributed by atoms with Crippen molar-refractivity contribution in [2.24, 2.45) is 5.73 Å². The highest BCUT2D eigenvalue weighted by Gasteiger charge is 2.21. The Morgan fingerprint density at radius 1 is 1.04 bits per heavy atom. The van der Waals surface area contributed by atoms with E-state index in [1.165, 1.54) is 0 Å². The van der Waals surface area contributed by atoms with Crippen LogP contribution in [0.25, 0.3) is 0 Å². The Bertz CT molecular complexity index is 588. The second-order valence-corrected chi connectivity index (χ2v) is 5.43. The number of likely N-dealkylation sites (tertiary alicyclic amines) is 1. The smallest absolute Gasteiger partial charge is 0.255 e. The SMILES string of the molecule is Cl.NCC(=O)NCC(=O)Nc1ccccc1C(=O)N1CCCCC1. The number of para-hydroxylation sites is 1. The summed E-state index contributed by atoms with van der Waals surface area (Å²) in [4.78, 5) is 37.4. The third kappa shape index (κ3) is 5.50. The Balaban J connectivity index is 0.00000288. The first-order valence-electron chi connectivity index (χ1n) is 7.76. The molecular weight excluding hydrogens is 332 g/mol. The number of rotatable bonds is 5. The van der Waals surface area contributed by atoms with Crippen LogP contribution in [-0.2, 0) is 9.59 Å². The van der Waals surface area contributed by atoms with Crippen molar-refractivity contribution in [3.8, 4) is 0 Å². The van der Waals surface area contributed by atoms with Crippen molar-refractivity contribution in [1.82, 2.24) is 10.2 Å². The van der Waals surface area contributed by atoms with Crippen molar-refractivity contribution in [2.75, 3.05) is 31.5 Å². The number of hydrogen-bond acceptors (Lipinski definition) is 4. The van der Waals surface area contributed by atoms with Crippen LogP contribution >= 0.6 is 12.4 Å². The summed E-state index contributed by atoms with van der Waals surface area (Å²) < 4.78 is 0. The summed E-state index contributed by atoms with van der Waals surface area (Å²) in [6, 6.07) is 6.90. The lowest BCUT2D eigenvalue weighted by Gasteiger charge is -2.27. The first kappa shape index (κ1) is 19.9. The van der Waals surface area contributed by atoms with Gasteiger partial charge in [-0.25, -0.2) is 0 Å². The Hall–Kier alpha value is -2.12. The molecule has 24 heavy (non-hydrogen) atoms. The van der Waals surface area contributed by atoms with E-state index in [1.807, 2.05) is 4.90 Å². The fourth-order valence-corrected chi connectivity index (χ4v) is 2.49. The fourth-order valence-electron chi connectivity index (χ4n) is 2.49. The Morgan fingerprint density at radius 3 is 2.38 bits per heavy atom. The van der Waals surface area contributed by atoms with Crippen LogP contribution in [0.5, 0.6) is 0 Å². The minimum absolute atomic E-state index is 0. The van der Waals surface area contributed by atoms with Crippen LogP contribution in [0.4, 0.5) is 5.69 Å². The summed E-state index contributed by atoms with van der Waals surface area (Å²) in [5, 5.41) is 5.06. The number of nitrogens with one attached hydrogen (secondary N) is 2. The number of hydrogen-bond donors (Lipinski definition) is 3. The molecular formula is C16H23ClN4O3. The molecule has 0 atom stereocenters. The number of nitrogens with two attached hydrogens (primary N) is 1. The van der Waals surface area contributed by atoms with Gasteiger partial charge in [-0.15, -0.1) is 12.4 Å². The van der Waals surface area contributed by atoms with Crippen molar-refractivity contribution in [3.63, 3.8) is 0 Å². The van der Waals surface area contributed by atoms with Gasteiger partial charge in [-0.2, -0.15) is 0 Å². The second kappa shape index (κ2) is 9.89. The summed E-state index contributed by atoms with van der Waals surface area (Å²) >= 11 is 0. The van der Waals surface area contributed by atoms with E-state index in [-0.39, 0.29) is 31.4 Å². The zero-order chi connectivity index (χ0) is 16.7. The van der Waals surface area contributed by atoms with Gasteiger partial charge >= 0.3 is 0 Å². The van der Waals surface area contributed by atoms with Gasteiger partial charge in [0.2, 0.25) is 11.8 Å². The van der Waals surface area contributed by atoms with Gasteiger partial charge in [0.15, 0.2) is 0 Å². The summed E-state index contributed by atoms with van der Waals surface area (Å²) in [5.74, 6) is -0.880. The number of benzene rings is 1. The molecule has 4 N–H and O–H groups in total. The van der Waals surface area contributed by atoms with E-state index in [1.54, 1.807) is 24.3 Å². The number of halogens is 1. The van der Waals surface area contributed by atoms with Crippen molar-refractivity contribution >= 4 is 35.8 Å². The molecule has 2 rings (SSSR count). The molecule has 0 aromatic heterocycles. The van der Waals surface area contributed by atoms with Crippen LogP contribution in [0.1, 0.15) is 29.6 Å². The van der Waals surface area contributed by atoms with Crippen LogP contribution in [0.15, 0.2) is 24.3 Å². The number of amides is 3. The highest BCUT2D eigenvalue weighted by molar-refractivity contribution is 6.04. The average Bonchev–Trinajstić information content (AvgIpc) is 2.60. The molecule has 7 nitrogen and oxygen atoms in total. The normalized spacial score (nSPS) is 13.6. The van der Waals surface area contributed by atoms with E-state index in [0.717, 1.165) is 32.4 Å². The second-order valence-electron chi connectivity index (χ2n) is 5.43. The maximum Gasteiger partial charge on any atom is 0.255 e. The van der Waals surface area contributed by atoms with E-state index in [0.29, 0.717) is 11.3 Å². The molecule has 1 fully saturated rings. The van der Waals surface area contributed by atoms with E-state index in [9.17, 15) is 14.4 Å². The van der Waals surface area contributed by atoms with Crippen molar-refractivity contribution < 1.29 is 14.4 Å². The van der Waals surface area contributed by atoms with Gasteiger partial charge in [0.25, 0.3) is 5.91 Å².